The lowest BCUT2D eigenvalue weighted by Gasteiger charge is -2.35. The predicted molar refractivity (Wildman–Crippen MR) is 53.9 cm³/mol. The van der Waals surface area contributed by atoms with E-state index in [1.807, 2.05) is 6.92 Å². The fraction of sp³-hybridized carbons (Fsp3) is 0.909. The van der Waals surface area contributed by atoms with Gasteiger partial charge in [-0.25, -0.2) is 0 Å². The lowest BCUT2D eigenvalue weighted by molar-refractivity contribution is -0.165. The molecule has 0 radical (unpaired) electrons. The Kier molecular flexibility index (Phi) is 2.77. The summed E-state index contributed by atoms with van der Waals surface area (Å²) in [4.78, 5) is 11.9. The zero-order valence-electron chi connectivity index (χ0n) is 8.84. The van der Waals surface area contributed by atoms with Gasteiger partial charge in [-0.1, -0.05) is 0 Å². The van der Waals surface area contributed by atoms with Gasteiger partial charge in [0.1, 0.15) is 6.10 Å². The molecule has 14 heavy (non-hydrogen) atoms. The molecular weight excluding hydrogens is 178 g/mol. The minimum absolute atomic E-state index is 0.00870. The Balaban J connectivity index is 1.87. The number of esters is 1. The lowest BCUT2D eigenvalue weighted by atomic mass is 9.82. The van der Waals surface area contributed by atoms with Crippen molar-refractivity contribution in [2.45, 2.75) is 45.1 Å². The van der Waals surface area contributed by atoms with E-state index in [4.69, 9.17) is 4.74 Å². The van der Waals surface area contributed by atoms with Gasteiger partial charge in [-0.2, -0.15) is 0 Å². The van der Waals surface area contributed by atoms with Crippen molar-refractivity contribution in [2.75, 3.05) is 13.1 Å². The quantitative estimate of drug-likeness (QED) is 0.681. The summed E-state index contributed by atoms with van der Waals surface area (Å²) in [5.41, 5.74) is -0.270. The Morgan fingerprint density at radius 3 is 2.71 bits per heavy atom. The molecular formula is C11H19NO2. The first-order chi connectivity index (χ1) is 6.71. The van der Waals surface area contributed by atoms with Crippen molar-refractivity contribution >= 4 is 5.97 Å². The van der Waals surface area contributed by atoms with Crippen molar-refractivity contribution in [3.8, 4) is 0 Å². The highest BCUT2D eigenvalue weighted by Crippen LogP contribution is 2.30. The van der Waals surface area contributed by atoms with Crippen LogP contribution in [-0.2, 0) is 9.53 Å². The van der Waals surface area contributed by atoms with E-state index in [9.17, 15) is 4.79 Å². The minimum Gasteiger partial charge on any atom is -0.462 e. The van der Waals surface area contributed by atoms with Crippen molar-refractivity contribution in [1.82, 2.24) is 5.32 Å². The first-order valence-electron chi connectivity index (χ1n) is 5.62. The number of carbonyl (C=O) groups excluding carboxylic acids is 1. The van der Waals surface area contributed by atoms with Gasteiger partial charge in [0, 0.05) is 6.54 Å². The maximum absolute atomic E-state index is 11.9. The average molecular weight is 197 g/mol. The Labute approximate surface area is 85.2 Å². The van der Waals surface area contributed by atoms with Crippen molar-refractivity contribution in [2.24, 2.45) is 5.41 Å². The highest BCUT2D eigenvalue weighted by molar-refractivity contribution is 5.77. The van der Waals surface area contributed by atoms with Gasteiger partial charge in [-0.05, 0) is 45.6 Å². The van der Waals surface area contributed by atoms with Crippen LogP contribution in [0.25, 0.3) is 0 Å². The maximum Gasteiger partial charge on any atom is 0.313 e. The lowest BCUT2D eigenvalue weighted by Crippen LogP contribution is -2.45. The highest BCUT2D eigenvalue weighted by atomic mass is 16.5. The molecule has 80 valence electrons. The second-order valence-electron chi connectivity index (χ2n) is 4.80. The van der Waals surface area contributed by atoms with Crippen molar-refractivity contribution in [1.29, 1.82) is 0 Å². The summed E-state index contributed by atoms with van der Waals surface area (Å²) >= 11 is 0. The molecule has 0 aromatic rings. The normalized spacial score (nSPS) is 33.5. The predicted octanol–water partition coefficient (Wildman–Crippen LogP) is 1.47. The van der Waals surface area contributed by atoms with E-state index in [0.29, 0.717) is 0 Å². The molecule has 3 heteroatoms. The molecule has 1 saturated carbocycles. The van der Waals surface area contributed by atoms with Crippen LogP contribution in [0, 0.1) is 5.41 Å². The SMILES string of the molecule is CC1(C(=O)OC2CCC2)CCCNC1. The number of nitrogens with one attached hydrogen (secondary N) is 1. The first-order valence-corrected chi connectivity index (χ1v) is 5.62. The molecule has 1 saturated heterocycles. The zero-order valence-corrected chi connectivity index (χ0v) is 8.84. The number of carbonyl (C=O) groups is 1. The van der Waals surface area contributed by atoms with Crippen LogP contribution in [0.3, 0.4) is 0 Å². The smallest absolute Gasteiger partial charge is 0.313 e. The first kappa shape index (κ1) is 9.97. The van der Waals surface area contributed by atoms with Gasteiger partial charge >= 0.3 is 5.97 Å². The van der Waals surface area contributed by atoms with Gasteiger partial charge in [0.15, 0.2) is 0 Å². The number of hydrogen-bond donors (Lipinski definition) is 1. The van der Waals surface area contributed by atoms with Crippen LogP contribution in [0.5, 0.6) is 0 Å². The largest absolute Gasteiger partial charge is 0.462 e. The molecule has 0 bridgehead atoms. The van der Waals surface area contributed by atoms with Crippen molar-refractivity contribution < 1.29 is 9.53 Å². The molecule has 0 aromatic heterocycles. The van der Waals surface area contributed by atoms with Crippen LogP contribution in [-0.4, -0.2) is 25.2 Å². The third-order valence-electron chi connectivity index (χ3n) is 3.42. The molecule has 1 heterocycles. The maximum atomic E-state index is 11.9. The van der Waals surface area contributed by atoms with Crippen LogP contribution in [0.15, 0.2) is 0 Å². The monoisotopic (exact) mass is 197 g/mol. The van der Waals surface area contributed by atoms with E-state index in [-0.39, 0.29) is 17.5 Å². The molecule has 2 rings (SSSR count). The van der Waals surface area contributed by atoms with Crippen LogP contribution >= 0.6 is 0 Å². The van der Waals surface area contributed by atoms with Gasteiger partial charge in [0.05, 0.1) is 5.41 Å². The van der Waals surface area contributed by atoms with Gasteiger partial charge in [-0.3, -0.25) is 4.79 Å². The number of piperidine rings is 1. The Morgan fingerprint density at radius 1 is 1.43 bits per heavy atom. The summed E-state index contributed by atoms with van der Waals surface area (Å²) in [5, 5.41) is 3.26. The molecule has 1 N–H and O–H groups in total. The number of ether oxygens (including phenoxy) is 1. The Bertz CT molecular complexity index is 217. The fourth-order valence-corrected chi connectivity index (χ4v) is 2.01. The van der Waals surface area contributed by atoms with Crippen LogP contribution < -0.4 is 5.32 Å². The van der Waals surface area contributed by atoms with Gasteiger partial charge in [0.2, 0.25) is 0 Å². The van der Waals surface area contributed by atoms with Crippen molar-refractivity contribution in [3.05, 3.63) is 0 Å². The van der Waals surface area contributed by atoms with E-state index >= 15 is 0 Å². The van der Waals surface area contributed by atoms with E-state index in [1.165, 1.54) is 6.42 Å². The number of hydrogen-bond acceptors (Lipinski definition) is 3. The molecule has 2 fully saturated rings. The summed E-state index contributed by atoms with van der Waals surface area (Å²) in [6, 6.07) is 0. The van der Waals surface area contributed by atoms with Crippen LogP contribution in [0.2, 0.25) is 0 Å². The second kappa shape index (κ2) is 3.89. The molecule has 1 atom stereocenters. The van der Waals surface area contributed by atoms with E-state index in [1.54, 1.807) is 0 Å². The molecule has 2 aliphatic rings. The van der Waals surface area contributed by atoms with E-state index < -0.39 is 0 Å². The molecule has 1 unspecified atom stereocenters. The molecule has 3 nitrogen and oxygen atoms in total. The average Bonchev–Trinajstić information content (AvgIpc) is 2.12. The third kappa shape index (κ3) is 1.92. The Hall–Kier alpha value is -0.570. The molecule has 0 aromatic carbocycles. The van der Waals surface area contributed by atoms with Crippen molar-refractivity contribution in [3.63, 3.8) is 0 Å². The number of rotatable bonds is 2. The summed E-state index contributed by atoms with van der Waals surface area (Å²) in [6.45, 7) is 3.82. The minimum atomic E-state index is -0.270. The third-order valence-corrected chi connectivity index (χ3v) is 3.42. The van der Waals surface area contributed by atoms with Crippen LogP contribution in [0.4, 0.5) is 0 Å². The molecule has 1 aliphatic carbocycles. The van der Waals surface area contributed by atoms with Gasteiger partial charge in [-0.15, -0.1) is 0 Å². The van der Waals surface area contributed by atoms with Gasteiger partial charge in [0.25, 0.3) is 0 Å². The van der Waals surface area contributed by atoms with Gasteiger partial charge < -0.3 is 10.1 Å². The zero-order chi connectivity index (χ0) is 10.0. The van der Waals surface area contributed by atoms with Crippen LogP contribution in [0.1, 0.15) is 39.0 Å². The highest BCUT2D eigenvalue weighted by Gasteiger charge is 2.38. The standard InChI is InChI=1S/C11H19NO2/c1-11(6-3-7-12-8-11)10(13)14-9-4-2-5-9/h9,12H,2-8H2,1H3. The van der Waals surface area contributed by atoms with E-state index in [0.717, 1.165) is 38.8 Å². The fourth-order valence-electron chi connectivity index (χ4n) is 2.01. The summed E-state index contributed by atoms with van der Waals surface area (Å²) in [6.07, 6.45) is 5.61. The summed E-state index contributed by atoms with van der Waals surface area (Å²) < 4.78 is 5.45. The topological polar surface area (TPSA) is 38.3 Å². The summed E-state index contributed by atoms with van der Waals surface area (Å²) in [5.74, 6) is 0.00870. The van der Waals surface area contributed by atoms with E-state index in [2.05, 4.69) is 5.32 Å². The second-order valence-corrected chi connectivity index (χ2v) is 4.80. The molecule has 0 spiro atoms. The Morgan fingerprint density at radius 2 is 2.21 bits per heavy atom. The summed E-state index contributed by atoms with van der Waals surface area (Å²) in [7, 11) is 0. The molecule has 0 amide bonds. The molecule has 1 aliphatic heterocycles.